The van der Waals surface area contributed by atoms with Crippen LogP contribution in [-0.2, 0) is 0 Å². The smallest absolute Gasteiger partial charge is 0.191 e. The molecule has 1 heterocycles. The van der Waals surface area contributed by atoms with E-state index in [-0.39, 0.29) is 5.78 Å². The second-order valence-corrected chi connectivity index (χ2v) is 5.79. The van der Waals surface area contributed by atoms with Gasteiger partial charge in [-0.15, -0.1) is 11.8 Å². The number of carbonyl (C=O) groups excluding carboxylic acids is 1. The highest BCUT2D eigenvalue weighted by molar-refractivity contribution is 7.99. The van der Waals surface area contributed by atoms with Crippen LogP contribution in [0.5, 0.6) is 0 Å². The summed E-state index contributed by atoms with van der Waals surface area (Å²) in [5.74, 6) is 0.794. The molecule has 0 radical (unpaired) electrons. The van der Waals surface area contributed by atoms with E-state index in [9.17, 15) is 4.79 Å². The van der Waals surface area contributed by atoms with E-state index in [1.54, 1.807) is 17.8 Å². The Kier molecular flexibility index (Phi) is 3.45. The summed E-state index contributed by atoms with van der Waals surface area (Å²) in [6, 6.07) is 15.4. The highest BCUT2D eigenvalue weighted by atomic mass is 35.5. The van der Waals surface area contributed by atoms with Crippen molar-refractivity contribution in [1.82, 2.24) is 0 Å². The molecule has 0 fully saturated rings. The van der Waals surface area contributed by atoms with Crippen LogP contribution in [0.15, 0.2) is 59.0 Å². The molecule has 0 saturated heterocycles. The van der Waals surface area contributed by atoms with E-state index in [2.05, 4.69) is 0 Å². The van der Waals surface area contributed by atoms with E-state index in [0.717, 1.165) is 16.0 Å². The van der Waals surface area contributed by atoms with Crippen molar-refractivity contribution in [2.24, 2.45) is 0 Å². The summed E-state index contributed by atoms with van der Waals surface area (Å²) in [4.78, 5) is 13.4. The van der Waals surface area contributed by atoms with Gasteiger partial charge in [0.15, 0.2) is 5.78 Å². The fourth-order valence-corrected chi connectivity index (χ4v) is 3.23. The van der Waals surface area contributed by atoms with E-state index in [4.69, 9.17) is 11.6 Å². The zero-order valence-electron chi connectivity index (χ0n) is 10.1. The largest absolute Gasteiger partial charge is 0.289 e. The first kappa shape index (κ1) is 12.5. The Hall–Kier alpha value is -1.51. The maximum atomic E-state index is 12.4. The third-order valence-electron chi connectivity index (χ3n) is 3.00. The summed E-state index contributed by atoms with van der Waals surface area (Å²) in [5, 5.41) is 0.605. The summed E-state index contributed by atoms with van der Waals surface area (Å²) >= 11 is 7.65. The normalized spacial score (nSPS) is 16.5. The van der Waals surface area contributed by atoms with Crippen LogP contribution in [0.4, 0.5) is 0 Å². The Morgan fingerprint density at radius 1 is 1.11 bits per heavy atom. The molecule has 0 saturated carbocycles. The van der Waals surface area contributed by atoms with Crippen molar-refractivity contribution in [1.29, 1.82) is 0 Å². The third kappa shape index (κ3) is 2.60. The molecule has 0 atom stereocenters. The minimum absolute atomic E-state index is 0.0834. The monoisotopic (exact) mass is 286 g/mol. The van der Waals surface area contributed by atoms with Crippen molar-refractivity contribution in [3.05, 3.63) is 70.3 Å². The molecule has 1 aliphatic heterocycles. The molecule has 2 aromatic rings. The van der Waals surface area contributed by atoms with Gasteiger partial charge in [-0.2, -0.15) is 0 Å². The quantitative estimate of drug-likeness (QED) is 0.706. The molecule has 1 nitrogen and oxygen atoms in total. The molecule has 0 unspecified atom stereocenters. The Bertz CT molecular complexity index is 662. The van der Waals surface area contributed by atoms with Crippen molar-refractivity contribution in [2.45, 2.75) is 4.90 Å². The molecule has 0 bridgehead atoms. The predicted molar refractivity (Wildman–Crippen MR) is 80.9 cm³/mol. The Balaban J connectivity index is 2.00. The van der Waals surface area contributed by atoms with E-state index < -0.39 is 0 Å². The van der Waals surface area contributed by atoms with Gasteiger partial charge >= 0.3 is 0 Å². The number of fused-ring (bicyclic) bond motifs is 1. The summed E-state index contributed by atoms with van der Waals surface area (Å²) in [6.07, 6.45) is 1.96. The van der Waals surface area contributed by atoms with Gasteiger partial charge in [0, 0.05) is 26.8 Å². The fraction of sp³-hybridized carbons (Fsp3) is 0.0625. The van der Waals surface area contributed by atoms with Gasteiger partial charge in [0.25, 0.3) is 0 Å². The van der Waals surface area contributed by atoms with Gasteiger partial charge in [-0.1, -0.05) is 41.9 Å². The molecule has 3 heteroatoms. The lowest BCUT2D eigenvalue weighted by molar-refractivity contribution is 0.103. The molecular formula is C16H11ClOS. The van der Waals surface area contributed by atoms with E-state index >= 15 is 0 Å². The summed E-state index contributed by atoms with van der Waals surface area (Å²) in [7, 11) is 0. The SMILES string of the molecule is O=C1/C(=C/c2ccccc2)CSc2ccc(Cl)cc21. The molecule has 2 aromatic carbocycles. The Morgan fingerprint density at radius 3 is 2.68 bits per heavy atom. The first-order valence-electron chi connectivity index (χ1n) is 5.97. The van der Waals surface area contributed by atoms with Gasteiger partial charge in [-0.05, 0) is 29.8 Å². The van der Waals surface area contributed by atoms with E-state index in [1.807, 2.05) is 48.5 Å². The van der Waals surface area contributed by atoms with Crippen LogP contribution in [0.2, 0.25) is 5.02 Å². The third-order valence-corrected chi connectivity index (χ3v) is 4.36. The average molecular weight is 287 g/mol. The number of hydrogen-bond donors (Lipinski definition) is 0. The van der Waals surface area contributed by atoms with Crippen molar-refractivity contribution >= 4 is 35.2 Å². The molecule has 0 amide bonds. The zero-order valence-corrected chi connectivity index (χ0v) is 11.7. The molecule has 19 heavy (non-hydrogen) atoms. The first-order valence-corrected chi connectivity index (χ1v) is 7.33. The highest BCUT2D eigenvalue weighted by Gasteiger charge is 2.22. The van der Waals surface area contributed by atoms with Crippen molar-refractivity contribution < 1.29 is 4.79 Å². The number of Topliss-reactive ketones (excluding diaryl/α,β-unsaturated/α-hetero) is 1. The molecule has 1 aliphatic rings. The molecule has 3 rings (SSSR count). The predicted octanol–water partition coefficient (Wildman–Crippen LogP) is 4.71. The number of benzene rings is 2. The number of halogens is 1. The minimum atomic E-state index is 0.0834. The highest BCUT2D eigenvalue weighted by Crippen LogP contribution is 2.34. The Morgan fingerprint density at radius 2 is 1.89 bits per heavy atom. The summed E-state index contributed by atoms with van der Waals surface area (Å²) in [5.41, 5.74) is 2.59. The van der Waals surface area contributed by atoms with Crippen LogP contribution in [0.1, 0.15) is 15.9 Å². The molecular weight excluding hydrogens is 276 g/mol. The van der Waals surface area contributed by atoms with Gasteiger partial charge < -0.3 is 0 Å². The second-order valence-electron chi connectivity index (χ2n) is 4.34. The van der Waals surface area contributed by atoms with Crippen LogP contribution in [-0.4, -0.2) is 11.5 Å². The lowest BCUT2D eigenvalue weighted by atomic mass is 10.0. The van der Waals surface area contributed by atoms with Crippen molar-refractivity contribution in [3.63, 3.8) is 0 Å². The maximum Gasteiger partial charge on any atom is 0.191 e. The number of thioether (sulfide) groups is 1. The number of hydrogen-bond acceptors (Lipinski definition) is 2. The number of ketones is 1. The van der Waals surface area contributed by atoms with Crippen LogP contribution < -0.4 is 0 Å². The van der Waals surface area contributed by atoms with Crippen molar-refractivity contribution in [3.8, 4) is 0 Å². The van der Waals surface area contributed by atoms with Crippen LogP contribution in [0, 0.1) is 0 Å². The van der Waals surface area contributed by atoms with Gasteiger partial charge in [0.1, 0.15) is 0 Å². The zero-order chi connectivity index (χ0) is 13.2. The minimum Gasteiger partial charge on any atom is -0.289 e. The topological polar surface area (TPSA) is 17.1 Å². The molecule has 0 aliphatic carbocycles. The van der Waals surface area contributed by atoms with Crippen LogP contribution >= 0.6 is 23.4 Å². The fourth-order valence-electron chi connectivity index (χ4n) is 2.06. The number of rotatable bonds is 1. The van der Waals surface area contributed by atoms with Gasteiger partial charge in [-0.25, -0.2) is 0 Å². The van der Waals surface area contributed by atoms with Gasteiger partial charge in [0.05, 0.1) is 0 Å². The van der Waals surface area contributed by atoms with E-state index in [0.29, 0.717) is 16.3 Å². The van der Waals surface area contributed by atoms with Crippen molar-refractivity contribution in [2.75, 3.05) is 5.75 Å². The van der Waals surface area contributed by atoms with Gasteiger partial charge in [-0.3, -0.25) is 4.79 Å². The lowest BCUT2D eigenvalue weighted by Crippen LogP contribution is -2.12. The second kappa shape index (κ2) is 5.24. The van der Waals surface area contributed by atoms with Gasteiger partial charge in [0.2, 0.25) is 0 Å². The van der Waals surface area contributed by atoms with Crippen LogP contribution in [0.3, 0.4) is 0 Å². The number of carbonyl (C=O) groups is 1. The maximum absolute atomic E-state index is 12.4. The molecule has 94 valence electrons. The standard InChI is InChI=1S/C16H11ClOS/c17-13-6-7-15-14(9-13)16(18)12(10-19-15)8-11-4-2-1-3-5-11/h1-9H,10H2/b12-8+. The molecule has 0 N–H and O–H groups in total. The van der Waals surface area contributed by atoms with Crippen LogP contribution in [0.25, 0.3) is 6.08 Å². The average Bonchev–Trinajstić information content (AvgIpc) is 2.44. The molecule has 0 spiro atoms. The van der Waals surface area contributed by atoms with E-state index in [1.165, 1.54) is 0 Å². The summed E-state index contributed by atoms with van der Waals surface area (Å²) in [6.45, 7) is 0. The molecule has 0 aromatic heterocycles. The first-order chi connectivity index (χ1) is 9.24. The Labute approximate surface area is 121 Å². The summed E-state index contributed by atoms with van der Waals surface area (Å²) < 4.78 is 0. The lowest BCUT2D eigenvalue weighted by Gasteiger charge is -2.17.